The molecule has 26 heavy (non-hydrogen) atoms. The lowest BCUT2D eigenvalue weighted by atomic mass is 10.1. The van der Waals surface area contributed by atoms with Gasteiger partial charge in [0.2, 0.25) is 0 Å². The second kappa shape index (κ2) is 7.09. The first-order valence-corrected chi connectivity index (χ1v) is 9.46. The van der Waals surface area contributed by atoms with Gasteiger partial charge in [0, 0.05) is 37.8 Å². The summed E-state index contributed by atoms with van der Waals surface area (Å²) in [6.45, 7) is 2.54. The predicted octanol–water partition coefficient (Wildman–Crippen LogP) is 3.89. The summed E-state index contributed by atoms with van der Waals surface area (Å²) >= 11 is 7.44. The van der Waals surface area contributed by atoms with E-state index in [1.807, 2.05) is 23.6 Å². The summed E-state index contributed by atoms with van der Waals surface area (Å²) in [4.78, 5) is 17.6. The van der Waals surface area contributed by atoms with Crippen molar-refractivity contribution >= 4 is 34.7 Å². The molecule has 1 amide bonds. The zero-order valence-electron chi connectivity index (χ0n) is 13.8. The number of benzene rings is 1. The summed E-state index contributed by atoms with van der Waals surface area (Å²) in [6, 6.07) is 10.2. The summed E-state index contributed by atoms with van der Waals surface area (Å²) in [5.74, 6) is 0.228. The Bertz CT molecular complexity index is 919. The van der Waals surface area contributed by atoms with Gasteiger partial charge in [-0.05, 0) is 29.6 Å². The lowest BCUT2D eigenvalue weighted by Crippen LogP contribution is -2.49. The SMILES string of the molecule is O=C(c1ccc(F)c(Cl)c1)N1CCN(c2cc(-c3cccs3)[nH]n2)CC1. The monoisotopic (exact) mass is 390 g/mol. The number of hydrogen-bond acceptors (Lipinski definition) is 4. The second-order valence-electron chi connectivity index (χ2n) is 6.03. The molecular formula is C18H16ClFN4OS. The zero-order chi connectivity index (χ0) is 18.1. The molecule has 0 unspecified atom stereocenters. The van der Waals surface area contributed by atoms with Crippen molar-refractivity contribution in [2.45, 2.75) is 0 Å². The number of carbonyl (C=O) groups is 1. The average molecular weight is 391 g/mol. The maximum absolute atomic E-state index is 13.3. The van der Waals surface area contributed by atoms with E-state index in [2.05, 4.69) is 15.1 Å². The molecule has 1 N–H and O–H groups in total. The molecule has 1 fully saturated rings. The molecule has 4 rings (SSSR count). The number of nitrogens with zero attached hydrogens (tertiary/aromatic N) is 3. The lowest BCUT2D eigenvalue weighted by Gasteiger charge is -2.34. The number of aromatic amines is 1. The minimum Gasteiger partial charge on any atom is -0.352 e. The van der Waals surface area contributed by atoms with Crippen LogP contribution in [0.1, 0.15) is 10.4 Å². The van der Waals surface area contributed by atoms with Crippen LogP contribution < -0.4 is 4.90 Å². The van der Waals surface area contributed by atoms with Gasteiger partial charge in [0.25, 0.3) is 5.91 Å². The third-order valence-electron chi connectivity index (χ3n) is 4.41. The molecule has 1 saturated heterocycles. The number of H-pyrrole nitrogens is 1. The van der Waals surface area contributed by atoms with Crippen LogP contribution in [0.25, 0.3) is 10.6 Å². The van der Waals surface area contributed by atoms with Gasteiger partial charge in [0.1, 0.15) is 5.82 Å². The molecule has 2 aromatic heterocycles. The number of carbonyl (C=O) groups excluding carboxylic acids is 1. The van der Waals surface area contributed by atoms with E-state index >= 15 is 0 Å². The maximum Gasteiger partial charge on any atom is 0.254 e. The minimum absolute atomic E-state index is 0.0351. The topological polar surface area (TPSA) is 52.2 Å². The number of thiophene rings is 1. The number of nitrogens with one attached hydrogen (secondary N) is 1. The number of aromatic nitrogens is 2. The van der Waals surface area contributed by atoms with Gasteiger partial charge in [-0.15, -0.1) is 11.3 Å². The van der Waals surface area contributed by atoms with Gasteiger partial charge in [-0.1, -0.05) is 17.7 Å². The van der Waals surface area contributed by atoms with E-state index < -0.39 is 5.82 Å². The van der Waals surface area contributed by atoms with Crippen LogP contribution in [-0.4, -0.2) is 47.2 Å². The molecule has 0 aliphatic carbocycles. The van der Waals surface area contributed by atoms with Gasteiger partial charge >= 0.3 is 0 Å². The number of halogens is 2. The van der Waals surface area contributed by atoms with Crippen LogP contribution in [0.15, 0.2) is 41.8 Å². The first kappa shape index (κ1) is 17.1. The summed E-state index contributed by atoms with van der Waals surface area (Å²) in [7, 11) is 0. The van der Waals surface area contributed by atoms with Gasteiger partial charge in [0.15, 0.2) is 5.82 Å². The third-order valence-corrected chi connectivity index (χ3v) is 5.60. The van der Waals surface area contributed by atoms with E-state index in [1.54, 1.807) is 16.2 Å². The van der Waals surface area contributed by atoms with Crippen LogP contribution in [0.3, 0.4) is 0 Å². The molecule has 0 atom stereocenters. The van der Waals surface area contributed by atoms with E-state index in [9.17, 15) is 9.18 Å². The van der Waals surface area contributed by atoms with Gasteiger partial charge in [0.05, 0.1) is 15.6 Å². The van der Waals surface area contributed by atoms with E-state index in [0.29, 0.717) is 31.7 Å². The number of hydrogen-bond donors (Lipinski definition) is 1. The van der Waals surface area contributed by atoms with Crippen molar-refractivity contribution in [3.8, 4) is 10.6 Å². The number of anilines is 1. The van der Waals surface area contributed by atoms with Crippen molar-refractivity contribution in [1.29, 1.82) is 0 Å². The molecule has 0 spiro atoms. The Morgan fingerprint density at radius 3 is 2.69 bits per heavy atom. The largest absolute Gasteiger partial charge is 0.352 e. The van der Waals surface area contributed by atoms with Crippen LogP contribution in [-0.2, 0) is 0 Å². The molecule has 0 radical (unpaired) electrons. The van der Waals surface area contributed by atoms with Crippen LogP contribution >= 0.6 is 22.9 Å². The van der Waals surface area contributed by atoms with Crippen LogP contribution in [0, 0.1) is 5.82 Å². The lowest BCUT2D eigenvalue weighted by molar-refractivity contribution is 0.0746. The highest BCUT2D eigenvalue weighted by Gasteiger charge is 2.24. The van der Waals surface area contributed by atoms with Gasteiger partial charge in [-0.3, -0.25) is 9.89 Å². The number of amides is 1. The molecular weight excluding hydrogens is 375 g/mol. The Labute approximate surface area is 159 Å². The van der Waals surface area contributed by atoms with Gasteiger partial charge in [-0.25, -0.2) is 4.39 Å². The number of piperazine rings is 1. The van der Waals surface area contributed by atoms with Crippen LogP contribution in [0.4, 0.5) is 10.2 Å². The Morgan fingerprint density at radius 2 is 2.00 bits per heavy atom. The average Bonchev–Trinajstić information content (AvgIpc) is 3.35. The predicted molar refractivity (Wildman–Crippen MR) is 101 cm³/mol. The second-order valence-corrected chi connectivity index (χ2v) is 7.38. The normalized spacial score (nSPS) is 14.7. The Hall–Kier alpha value is -2.38. The fourth-order valence-electron chi connectivity index (χ4n) is 2.98. The maximum atomic E-state index is 13.3. The summed E-state index contributed by atoms with van der Waals surface area (Å²) in [5.41, 5.74) is 1.40. The van der Waals surface area contributed by atoms with Crippen LogP contribution in [0.5, 0.6) is 0 Å². The van der Waals surface area contributed by atoms with Crippen molar-refractivity contribution in [3.63, 3.8) is 0 Å². The third kappa shape index (κ3) is 3.32. The Balaban J connectivity index is 1.41. The molecule has 134 valence electrons. The first-order chi connectivity index (χ1) is 12.6. The first-order valence-electron chi connectivity index (χ1n) is 8.20. The molecule has 1 aliphatic heterocycles. The van der Waals surface area contributed by atoms with E-state index in [-0.39, 0.29) is 10.9 Å². The van der Waals surface area contributed by atoms with Gasteiger partial charge < -0.3 is 9.80 Å². The highest BCUT2D eigenvalue weighted by atomic mass is 35.5. The van der Waals surface area contributed by atoms with Crippen molar-refractivity contribution in [2.75, 3.05) is 31.1 Å². The van der Waals surface area contributed by atoms with Crippen LogP contribution in [0.2, 0.25) is 5.02 Å². The fraction of sp³-hybridized carbons (Fsp3) is 0.222. The molecule has 3 aromatic rings. The standard InChI is InChI=1S/C18H16ClFN4OS/c19-13-10-12(3-4-14(13)20)18(25)24-7-5-23(6-8-24)17-11-15(21-22-17)16-2-1-9-26-16/h1-4,9-11H,5-8H2,(H,21,22). The Morgan fingerprint density at radius 1 is 1.19 bits per heavy atom. The summed E-state index contributed by atoms with van der Waals surface area (Å²) in [5, 5.41) is 9.45. The zero-order valence-corrected chi connectivity index (χ0v) is 15.4. The molecule has 3 heterocycles. The Kier molecular flexibility index (Phi) is 4.65. The molecule has 0 bridgehead atoms. The number of rotatable bonds is 3. The van der Waals surface area contributed by atoms with E-state index in [0.717, 1.165) is 16.4 Å². The summed E-state index contributed by atoms with van der Waals surface area (Å²) in [6.07, 6.45) is 0. The highest BCUT2D eigenvalue weighted by molar-refractivity contribution is 7.13. The van der Waals surface area contributed by atoms with Gasteiger partial charge in [-0.2, -0.15) is 5.10 Å². The van der Waals surface area contributed by atoms with Crippen molar-refractivity contribution in [1.82, 2.24) is 15.1 Å². The molecule has 0 saturated carbocycles. The van der Waals surface area contributed by atoms with Crippen molar-refractivity contribution in [2.24, 2.45) is 0 Å². The smallest absolute Gasteiger partial charge is 0.254 e. The quantitative estimate of drug-likeness (QED) is 0.738. The van der Waals surface area contributed by atoms with Crippen molar-refractivity contribution in [3.05, 3.63) is 58.2 Å². The fourth-order valence-corrected chi connectivity index (χ4v) is 3.85. The highest BCUT2D eigenvalue weighted by Crippen LogP contribution is 2.26. The minimum atomic E-state index is -0.520. The van der Waals surface area contributed by atoms with Crippen molar-refractivity contribution < 1.29 is 9.18 Å². The molecule has 1 aliphatic rings. The van der Waals surface area contributed by atoms with E-state index in [4.69, 9.17) is 11.6 Å². The molecule has 1 aromatic carbocycles. The summed E-state index contributed by atoms with van der Waals surface area (Å²) < 4.78 is 13.3. The molecule has 5 nitrogen and oxygen atoms in total. The molecule has 8 heteroatoms. The van der Waals surface area contributed by atoms with E-state index in [1.165, 1.54) is 18.2 Å².